The van der Waals surface area contributed by atoms with E-state index in [1.165, 1.54) is 18.1 Å². The van der Waals surface area contributed by atoms with Crippen LogP contribution in [0.25, 0.3) is 11.5 Å². The third-order valence-corrected chi connectivity index (χ3v) is 4.10. The number of esters is 1. The lowest BCUT2D eigenvalue weighted by Crippen LogP contribution is -2.47. The van der Waals surface area contributed by atoms with Crippen LogP contribution < -0.4 is 9.64 Å². The molecule has 8 nitrogen and oxygen atoms in total. The molecule has 0 unspecified atom stereocenters. The quantitative estimate of drug-likeness (QED) is 0.654. The molecule has 4 rings (SSSR count). The second-order valence-electron chi connectivity index (χ2n) is 5.97. The maximum absolute atomic E-state index is 12.4. The fraction of sp³-hybridized carbons (Fsp3) is 0.211. The molecule has 0 saturated heterocycles. The van der Waals surface area contributed by atoms with Gasteiger partial charge in [-0.15, -0.1) is 0 Å². The minimum atomic E-state index is -0.916. The fourth-order valence-corrected chi connectivity index (χ4v) is 2.81. The van der Waals surface area contributed by atoms with Gasteiger partial charge in [0, 0.05) is 13.0 Å². The zero-order valence-corrected chi connectivity index (χ0v) is 14.5. The van der Waals surface area contributed by atoms with Crippen molar-refractivity contribution in [3.63, 3.8) is 0 Å². The van der Waals surface area contributed by atoms with E-state index in [9.17, 15) is 9.59 Å². The maximum atomic E-state index is 12.4. The summed E-state index contributed by atoms with van der Waals surface area (Å²) in [4.78, 5) is 25.8. The molecular formula is C19H16N2O6. The van der Waals surface area contributed by atoms with Crippen molar-refractivity contribution >= 4 is 17.6 Å². The van der Waals surface area contributed by atoms with Crippen molar-refractivity contribution in [1.29, 1.82) is 0 Å². The van der Waals surface area contributed by atoms with Crippen LogP contribution >= 0.6 is 0 Å². The fourth-order valence-electron chi connectivity index (χ4n) is 2.81. The Morgan fingerprint density at radius 3 is 2.85 bits per heavy atom. The van der Waals surface area contributed by atoms with E-state index in [1.54, 1.807) is 42.5 Å². The van der Waals surface area contributed by atoms with Crippen LogP contribution in [0, 0.1) is 0 Å². The van der Waals surface area contributed by atoms with Gasteiger partial charge >= 0.3 is 5.97 Å². The third kappa shape index (κ3) is 3.41. The molecule has 1 aliphatic rings. The molecule has 0 fully saturated rings. The minimum Gasteiger partial charge on any atom is -0.475 e. The Morgan fingerprint density at radius 2 is 2.07 bits per heavy atom. The lowest BCUT2D eigenvalue weighted by Gasteiger charge is -2.33. The molecule has 2 aromatic heterocycles. The summed E-state index contributed by atoms with van der Waals surface area (Å²) in [5.41, 5.74) is 1.07. The van der Waals surface area contributed by atoms with Gasteiger partial charge in [-0.25, -0.2) is 4.79 Å². The minimum absolute atomic E-state index is 0.0787. The first-order valence-electron chi connectivity index (χ1n) is 8.31. The molecular weight excluding hydrogens is 352 g/mol. The molecule has 0 radical (unpaired) electrons. The molecule has 8 heteroatoms. The number of amides is 1. The third-order valence-electron chi connectivity index (χ3n) is 4.10. The van der Waals surface area contributed by atoms with Gasteiger partial charge in [0.25, 0.3) is 0 Å². The van der Waals surface area contributed by atoms with Crippen molar-refractivity contribution < 1.29 is 28.0 Å². The van der Waals surface area contributed by atoms with Crippen molar-refractivity contribution in [3.05, 3.63) is 54.4 Å². The Balaban J connectivity index is 1.42. The lowest BCUT2D eigenvalue weighted by atomic mass is 10.2. The Kier molecular flexibility index (Phi) is 4.37. The molecule has 0 saturated carbocycles. The van der Waals surface area contributed by atoms with Crippen molar-refractivity contribution in [2.75, 3.05) is 11.4 Å². The van der Waals surface area contributed by atoms with Gasteiger partial charge in [0.15, 0.2) is 5.76 Å². The van der Waals surface area contributed by atoms with E-state index < -0.39 is 12.1 Å². The smallest absolute Gasteiger partial charge is 0.349 e. The Hall–Kier alpha value is -3.55. The molecule has 3 aromatic rings. The Labute approximate surface area is 154 Å². The molecule has 1 amide bonds. The standard InChI is InChI=1S/C19H16N2O6/c1-12(22)21-10-18(26-15-6-3-2-5-14(15)21)19(23)25-11-13-9-17(27-20-13)16-7-4-8-24-16/h2-9,18H,10-11H2,1H3/t18-/m1/s1. The van der Waals surface area contributed by atoms with Crippen LogP contribution in [0.3, 0.4) is 0 Å². The van der Waals surface area contributed by atoms with Gasteiger partial charge < -0.3 is 23.3 Å². The summed E-state index contributed by atoms with van der Waals surface area (Å²) in [7, 11) is 0. The van der Waals surface area contributed by atoms with Crippen LogP contribution in [0.4, 0.5) is 5.69 Å². The van der Waals surface area contributed by atoms with Gasteiger partial charge in [-0.3, -0.25) is 4.79 Å². The number of benzene rings is 1. The SMILES string of the molecule is CC(=O)N1C[C@H](C(=O)OCc2cc(-c3ccco3)on2)Oc2ccccc21. The number of furan rings is 1. The van der Waals surface area contributed by atoms with Crippen LogP contribution in [0.1, 0.15) is 12.6 Å². The molecule has 138 valence electrons. The van der Waals surface area contributed by atoms with Gasteiger partial charge in [0.1, 0.15) is 18.1 Å². The first kappa shape index (κ1) is 16.9. The highest BCUT2D eigenvalue weighted by Crippen LogP contribution is 2.33. The molecule has 0 bridgehead atoms. The van der Waals surface area contributed by atoms with Gasteiger partial charge in [-0.1, -0.05) is 17.3 Å². The van der Waals surface area contributed by atoms with Crippen LogP contribution in [-0.2, 0) is 20.9 Å². The van der Waals surface area contributed by atoms with Gasteiger partial charge in [-0.2, -0.15) is 0 Å². The number of rotatable bonds is 4. The molecule has 27 heavy (non-hydrogen) atoms. The summed E-state index contributed by atoms with van der Waals surface area (Å²) in [5.74, 6) is 0.671. The summed E-state index contributed by atoms with van der Waals surface area (Å²) in [6, 6.07) is 12.2. The highest BCUT2D eigenvalue weighted by atomic mass is 16.6. The van der Waals surface area contributed by atoms with E-state index in [-0.39, 0.29) is 19.1 Å². The average molecular weight is 368 g/mol. The number of para-hydroxylation sites is 2. The topological polar surface area (TPSA) is 95.0 Å². The number of ether oxygens (including phenoxy) is 2. The van der Waals surface area contributed by atoms with Crippen molar-refractivity contribution in [2.24, 2.45) is 0 Å². The highest BCUT2D eigenvalue weighted by molar-refractivity contribution is 5.95. The number of hydrogen-bond acceptors (Lipinski definition) is 7. The van der Waals surface area contributed by atoms with E-state index in [0.717, 1.165) is 0 Å². The number of aromatic nitrogens is 1. The second kappa shape index (κ2) is 6.99. The largest absolute Gasteiger partial charge is 0.475 e. The molecule has 1 aromatic carbocycles. The zero-order valence-electron chi connectivity index (χ0n) is 14.5. The van der Waals surface area contributed by atoms with Crippen molar-refractivity contribution in [2.45, 2.75) is 19.6 Å². The first-order valence-corrected chi connectivity index (χ1v) is 8.31. The molecule has 0 N–H and O–H groups in total. The number of anilines is 1. The average Bonchev–Trinajstić information content (AvgIpc) is 3.36. The van der Waals surface area contributed by atoms with Crippen LogP contribution in [0.2, 0.25) is 0 Å². The molecule has 0 aliphatic carbocycles. The van der Waals surface area contributed by atoms with Gasteiger partial charge in [-0.05, 0) is 24.3 Å². The van der Waals surface area contributed by atoms with Gasteiger partial charge in [0.2, 0.25) is 17.8 Å². The summed E-state index contributed by atoms with van der Waals surface area (Å²) in [5, 5.41) is 3.85. The summed E-state index contributed by atoms with van der Waals surface area (Å²) in [6.07, 6.45) is 0.608. The normalized spacial score (nSPS) is 15.7. The van der Waals surface area contributed by atoms with E-state index in [1.807, 2.05) is 0 Å². The number of carbonyl (C=O) groups is 2. The van der Waals surface area contributed by atoms with E-state index in [4.69, 9.17) is 18.4 Å². The number of nitrogens with zero attached hydrogens (tertiary/aromatic N) is 2. The molecule has 1 aliphatic heterocycles. The predicted octanol–water partition coefficient (Wildman–Crippen LogP) is 2.79. The van der Waals surface area contributed by atoms with E-state index in [2.05, 4.69) is 5.16 Å². The zero-order chi connectivity index (χ0) is 18.8. The predicted molar refractivity (Wildman–Crippen MR) is 92.9 cm³/mol. The number of carbonyl (C=O) groups excluding carboxylic acids is 2. The summed E-state index contributed by atoms with van der Waals surface area (Å²) >= 11 is 0. The first-order chi connectivity index (χ1) is 13.1. The van der Waals surface area contributed by atoms with E-state index >= 15 is 0 Å². The van der Waals surface area contributed by atoms with Crippen LogP contribution in [-0.4, -0.2) is 29.7 Å². The molecule has 0 spiro atoms. The van der Waals surface area contributed by atoms with Gasteiger partial charge in [0.05, 0.1) is 18.5 Å². The van der Waals surface area contributed by atoms with Crippen LogP contribution in [0.5, 0.6) is 5.75 Å². The van der Waals surface area contributed by atoms with Crippen molar-refractivity contribution in [3.8, 4) is 17.3 Å². The van der Waals surface area contributed by atoms with Crippen molar-refractivity contribution in [1.82, 2.24) is 5.16 Å². The van der Waals surface area contributed by atoms with Crippen LogP contribution in [0.15, 0.2) is 57.7 Å². The summed E-state index contributed by atoms with van der Waals surface area (Å²) < 4.78 is 21.4. The second-order valence-corrected chi connectivity index (χ2v) is 5.97. The van der Waals surface area contributed by atoms with E-state index in [0.29, 0.717) is 28.7 Å². The molecule has 3 heterocycles. The summed E-state index contributed by atoms with van der Waals surface area (Å²) in [6.45, 7) is 1.45. The Bertz CT molecular complexity index is 962. The number of hydrogen-bond donors (Lipinski definition) is 0. The molecule has 1 atom stereocenters. The lowest BCUT2D eigenvalue weighted by molar-refractivity contribution is -0.153. The Morgan fingerprint density at radius 1 is 1.22 bits per heavy atom. The highest BCUT2D eigenvalue weighted by Gasteiger charge is 2.33. The number of fused-ring (bicyclic) bond motifs is 1. The maximum Gasteiger partial charge on any atom is 0.349 e. The monoisotopic (exact) mass is 368 g/mol.